The molecule has 1 aliphatic heterocycles. The Labute approximate surface area is 92.6 Å². The lowest BCUT2D eigenvalue weighted by molar-refractivity contribution is 0.0940. The summed E-state index contributed by atoms with van der Waals surface area (Å²) in [7, 11) is 0. The van der Waals surface area contributed by atoms with Crippen molar-refractivity contribution in [1.29, 1.82) is 0 Å². The first kappa shape index (κ1) is 12.3. The van der Waals surface area contributed by atoms with Gasteiger partial charge in [0.05, 0.1) is 0 Å². The summed E-state index contributed by atoms with van der Waals surface area (Å²) in [6.45, 7) is 7.82. The minimum absolute atomic E-state index is 0.283. The average Bonchev–Trinajstić information content (AvgIpc) is 2.51. The fraction of sp³-hybridized carbons (Fsp3) is 1.00. The number of thioether (sulfide) groups is 1. The Bertz CT molecular complexity index is 141. The fourth-order valence-electron chi connectivity index (χ4n) is 2.34. The number of hydrogen-bond acceptors (Lipinski definition) is 3. The minimum Gasteiger partial charge on any atom is -0.329 e. The Morgan fingerprint density at radius 3 is 2.50 bits per heavy atom. The first-order valence-corrected chi connectivity index (χ1v) is 6.97. The van der Waals surface area contributed by atoms with Crippen LogP contribution in [-0.2, 0) is 0 Å². The van der Waals surface area contributed by atoms with E-state index in [4.69, 9.17) is 5.73 Å². The van der Waals surface area contributed by atoms with Crippen LogP contribution in [0.4, 0.5) is 0 Å². The molecule has 0 amide bonds. The van der Waals surface area contributed by atoms with Crippen LogP contribution < -0.4 is 5.73 Å². The lowest BCUT2D eigenvalue weighted by Gasteiger charge is -2.42. The van der Waals surface area contributed by atoms with Crippen LogP contribution in [0.2, 0.25) is 0 Å². The molecule has 2 nitrogen and oxygen atoms in total. The average molecular weight is 216 g/mol. The monoisotopic (exact) mass is 216 g/mol. The van der Waals surface area contributed by atoms with E-state index >= 15 is 0 Å². The van der Waals surface area contributed by atoms with Crippen LogP contribution in [0, 0.1) is 0 Å². The standard InChI is InChI=1S/C11H24N2S/c1-3-11(4-2,10-12)13-6-5-8-14-9-7-13/h3-10,12H2,1-2H3. The Hall–Kier alpha value is 0.270. The zero-order valence-electron chi connectivity index (χ0n) is 9.59. The minimum atomic E-state index is 0.283. The van der Waals surface area contributed by atoms with Gasteiger partial charge in [-0.3, -0.25) is 4.90 Å². The van der Waals surface area contributed by atoms with Gasteiger partial charge in [0.25, 0.3) is 0 Å². The first-order valence-electron chi connectivity index (χ1n) is 5.82. The van der Waals surface area contributed by atoms with Crippen molar-refractivity contribution >= 4 is 11.8 Å². The van der Waals surface area contributed by atoms with Gasteiger partial charge in [0, 0.05) is 24.4 Å². The second-order valence-corrected chi connectivity index (χ2v) is 5.31. The second-order valence-electron chi connectivity index (χ2n) is 4.09. The molecule has 84 valence electrons. The fourth-order valence-corrected chi connectivity index (χ4v) is 3.22. The predicted octanol–water partition coefficient (Wildman–Crippen LogP) is 1.94. The summed E-state index contributed by atoms with van der Waals surface area (Å²) < 4.78 is 0. The molecule has 0 aromatic heterocycles. The predicted molar refractivity (Wildman–Crippen MR) is 65.9 cm³/mol. The van der Waals surface area contributed by atoms with Crippen molar-refractivity contribution in [2.45, 2.75) is 38.6 Å². The molecule has 1 rings (SSSR count). The Morgan fingerprint density at radius 2 is 1.93 bits per heavy atom. The van der Waals surface area contributed by atoms with Gasteiger partial charge in [0.2, 0.25) is 0 Å². The van der Waals surface area contributed by atoms with Gasteiger partial charge in [-0.1, -0.05) is 13.8 Å². The van der Waals surface area contributed by atoms with Crippen LogP contribution in [0.5, 0.6) is 0 Å². The number of hydrogen-bond donors (Lipinski definition) is 1. The Morgan fingerprint density at radius 1 is 1.21 bits per heavy atom. The van der Waals surface area contributed by atoms with Gasteiger partial charge in [-0.2, -0.15) is 11.8 Å². The maximum absolute atomic E-state index is 5.96. The molecule has 0 spiro atoms. The Balaban J connectivity index is 2.64. The van der Waals surface area contributed by atoms with Crippen molar-refractivity contribution in [1.82, 2.24) is 4.90 Å². The van der Waals surface area contributed by atoms with Gasteiger partial charge in [-0.15, -0.1) is 0 Å². The number of nitrogens with two attached hydrogens (primary N) is 1. The molecule has 1 heterocycles. The quantitative estimate of drug-likeness (QED) is 0.779. The van der Waals surface area contributed by atoms with E-state index in [0.717, 1.165) is 6.54 Å². The van der Waals surface area contributed by atoms with Crippen molar-refractivity contribution in [2.24, 2.45) is 5.73 Å². The summed E-state index contributed by atoms with van der Waals surface area (Å²) in [6.07, 6.45) is 3.70. The third-order valence-corrected chi connectivity index (χ3v) is 4.64. The molecule has 0 aromatic carbocycles. The van der Waals surface area contributed by atoms with Gasteiger partial charge >= 0.3 is 0 Å². The van der Waals surface area contributed by atoms with Crippen LogP contribution in [0.1, 0.15) is 33.1 Å². The normalized spacial score (nSPS) is 20.8. The molecular weight excluding hydrogens is 192 g/mol. The molecule has 14 heavy (non-hydrogen) atoms. The second kappa shape index (κ2) is 5.99. The summed E-state index contributed by atoms with van der Waals surface area (Å²) in [5, 5.41) is 0. The largest absolute Gasteiger partial charge is 0.329 e. The van der Waals surface area contributed by atoms with E-state index in [1.165, 1.54) is 43.9 Å². The van der Waals surface area contributed by atoms with Crippen molar-refractivity contribution in [3.63, 3.8) is 0 Å². The summed E-state index contributed by atoms with van der Waals surface area (Å²) in [5.74, 6) is 2.60. The third-order valence-electron chi connectivity index (χ3n) is 3.59. The molecule has 0 unspecified atom stereocenters. The van der Waals surface area contributed by atoms with Crippen LogP contribution in [-0.4, -0.2) is 41.6 Å². The molecule has 0 radical (unpaired) electrons. The van der Waals surface area contributed by atoms with Crippen molar-refractivity contribution in [3.8, 4) is 0 Å². The van der Waals surface area contributed by atoms with Gasteiger partial charge < -0.3 is 5.73 Å². The van der Waals surface area contributed by atoms with E-state index in [-0.39, 0.29) is 5.54 Å². The molecule has 3 heteroatoms. The van der Waals surface area contributed by atoms with Crippen LogP contribution in [0.15, 0.2) is 0 Å². The highest BCUT2D eigenvalue weighted by Crippen LogP contribution is 2.25. The van der Waals surface area contributed by atoms with E-state index in [1.807, 2.05) is 0 Å². The number of nitrogens with zero attached hydrogens (tertiary/aromatic N) is 1. The van der Waals surface area contributed by atoms with E-state index in [9.17, 15) is 0 Å². The molecule has 1 aliphatic rings. The molecule has 2 N–H and O–H groups in total. The molecule has 0 atom stereocenters. The van der Waals surface area contributed by atoms with Crippen molar-refractivity contribution < 1.29 is 0 Å². The van der Waals surface area contributed by atoms with Crippen LogP contribution in [0.3, 0.4) is 0 Å². The van der Waals surface area contributed by atoms with Crippen molar-refractivity contribution in [2.75, 3.05) is 31.1 Å². The third kappa shape index (κ3) is 2.65. The molecule has 0 aliphatic carbocycles. The molecule has 1 saturated heterocycles. The van der Waals surface area contributed by atoms with Gasteiger partial charge in [-0.05, 0) is 31.6 Å². The zero-order chi connectivity index (χ0) is 10.4. The topological polar surface area (TPSA) is 29.3 Å². The summed E-state index contributed by atoms with van der Waals surface area (Å²) in [4.78, 5) is 2.63. The number of rotatable bonds is 4. The van der Waals surface area contributed by atoms with E-state index in [0.29, 0.717) is 0 Å². The zero-order valence-corrected chi connectivity index (χ0v) is 10.4. The highest BCUT2D eigenvalue weighted by molar-refractivity contribution is 7.99. The maximum Gasteiger partial charge on any atom is 0.0326 e. The molecular formula is C11H24N2S. The first-order chi connectivity index (χ1) is 6.79. The maximum atomic E-state index is 5.96. The molecule has 0 aromatic rings. The van der Waals surface area contributed by atoms with Gasteiger partial charge in [-0.25, -0.2) is 0 Å². The summed E-state index contributed by atoms with van der Waals surface area (Å²) in [6, 6.07) is 0. The highest BCUT2D eigenvalue weighted by Gasteiger charge is 2.31. The van der Waals surface area contributed by atoms with E-state index in [1.54, 1.807) is 0 Å². The SMILES string of the molecule is CCC(CC)(CN)N1CCCSCC1. The molecule has 1 fully saturated rings. The molecule has 0 saturated carbocycles. The van der Waals surface area contributed by atoms with Gasteiger partial charge in [0.15, 0.2) is 0 Å². The smallest absolute Gasteiger partial charge is 0.0326 e. The van der Waals surface area contributed by atoms with E-state index in [2.05, 4.69) is 30.5 Å². The summed E-state index contributed by atoms with van der Waals surface area (Å²) in [5.41, 5.74) is 6.24. The van der Waals surface area contributed by atoms with Crippen LogP contribution in [0.25, 0.3) is 0 Å². The van der Waals surface area contributed by atoms with Crippen molar-refractivity contribution in [3.05, 3.63) is 0 Å². The van der Waals surface area contributed by atoms with Crippen LogP contribution >= 0.6 is 11.8 Å². The molecule has 0 bridgehead atoms. The summed E-state index contributed by atoms with van der Waals surface area (Å²) >= 11 is 2.08. The lowest BCUT2D eigenvalue weighted by atomic mass is 9.90. The highest BCUT2D eigenvalue weighted by atomic mass is 32.2. The van der Waals surface area contributed by atoms with Gasteiger partial charge in [0.1, 0.15) is 0 Å². The Kier molecular flexibility index (Phi) is 5.28. The van der Waals surface area contributed by atoms with E-state index < -0.39 is 0 Å². The lowest BCUT2D eigenvalue weighted by Crippen LogP contribution is -2.53.